The number of furan rings is 1. The molecule has 2 rings (SSSR count). The minimum Gasteiger partial charge on any atom is -0.461 e. The highest BCUT2D eigenvalue weighted by Crippen LogP contribution is 2.14. The minimum atomic E-state index is 0.384. The van der Waals surface area contributed by atoms with Gasteiger partial charge in [0.05, 0.1) is 26.1 Å². The molecule has 9 nitrogen and oxygen atoms in total. The van der Waals surface area contributed by atoms with E-state index in [4.69, 9.17) is 13.9 Å². The average molecular weight is 378 g/mol. The summed E-state index contributed by atoms with van der Waals surface area (Å²) in [7, 11) is 0. The van der Waals surface area contributed by atoms with E-state index < -0.39 is 0 Å². The Bertz CT molecular complexity index is 641. The van der Waals surface area contributed by atoms with Crippen molar-refractivity contribution < 1.29 is 13.9 Å². The van der Waals surface area contributed by atoms with Crippen LogP contribution in [-0.2, 0) is 16.0 Å². The highest BCUT2D eigenvalue weighted by atomic mass is 16.5. The zero-order valence-corrected chi connectivity index (χ0v) is 16.2. The Hall–Kier alpha value is -2.39. The Morgan fingerprint density at radius 3 is 2.78 bits per heavy atom. The van der Waals surface area contributed by atoms with Crippen molar-refractivity contribution >= 4 is 5.96 Å². The second kappa shape index (κ2) is 12.9. The van der Waals surface area contributed by atoms with Crippen LogP contribution in [0, 0.1) is 0 Å². The van der Waals surface area contributed by atoms with Gasteiger partial charge in [-0.3, -0.25) is 5.10 Å². The molecule has 27 heavy (non-hydrogen) atoms. The summed E-state index contributed by atoms with van der Waals surface area (Å²) < 4.78 is 16.3. The molecule has 0 amide bonds. The normalized spacial score (nSPS) is 11.7. The summed E-state index contributed by atoms with van der Waals surface area (Å²) in [5.74, 6) is 2.52. The van der Waals surface area contributed by atoms with Crippen LogP contribution in [0.1, 0.15) is 32.5 Å². The Morgan fingerprint density at radius 1 is 1.19 bits per heavy atom. The van der Waals surface area contributed by atoms with Crippen LogP contribution in [0.15, 0.2) is 27.8 Å². The largest absolute Gasteiger partial charge is 0.461 e. The maximum atomic E-state index is 5.54. The predicted octanol–water partition coefficient (Wildman–Crippen LogP) is 1.95. The third-order valence-corrected chi connectivity index (χ3v) is 3.56. The Balaban J connectivity index is 1.66. The molecule has 0 saturated carbocycles. The van der Waals surface area contributed by atoms with Crippen molar-refractivity contribution in [3.63, 3.8) is 0 Å². The SMILES string of the molecule is CCCCOCCOCCNC(=NCc1nc(-c2ccco2)n[nH]1)NCC. The second-order valence-electron chi connectivity index (χ2n) is 5.78. The van der Waals surface area contributed by atoms with Crippen molar-refractivity contribution in [2.45, 2.75) is 33.2 Å². The number of hydrogen-bond acceptors (Lipinski definition) is 6. The zero-order chi connectivity index (χ0) is 19.2. The van der Waals surface area contributed by atoms with Gasteiger partial charge in [-0.1, -0.05) is 13.3 Å². The number of hydrogen-bond donors (Lipinski definition) is 3. The molecule has 0 spiro atoms. The number of nitrogens with one attached hydrogen (secondary N) is 3. The maximum absolute atomic E-state index is 5.54. The molecule has 150 valence electrons. The maximum Gasteiger partial charge on any atom is 0.216 e. The number of rotatable bonds is 13. The average Bonchev–Trinajstić information content (AvgIpc) is 3.36. The first-order valence-corrected chi connectivity index (χ1v) is 9.46. The monoisotopic (exact) mass is 378 g/mol. The fourth-order valence-corrected chi connectivity index (χ4v) is 2.19. The van der Waals surface area contributed by atoms with Crippen LogP contribution in [0.3, 0.4) is 0 Å². The molecule has 0 fully saturated rings. The molecule has 0 radical (unpaired) electrons. The van der Waals surface area contributed by atoms with Crippen molar-refractivity contribution in [3.8, 4) is 11.6 Å². The molecule has 0 unspecified atom stereocenters. The van der Waals surface area contributed by atoms with Crippen molar-refractivity contribution in [2.75, 3.05) is 39.5 Å². The molecule has 2 aromatic rings. The molecule has 2 heterocycles. The molecule has 0 aliphatic carbocycles. The van der Waals surface area contributed by atoms with Crippen LogP contribution < -0.4 is 10.6 Å². The topological polar surface area (TPSA) is 110 Å². The number of aliphatic imine (C=N–C) groups is 1. The molecule has 0 aromatic carbocycles. The Labute approximate surface area is 160 Å². The van der Waals surface area contributed by atoms with Crippen molar-refractivity contribution in [1.29, 1.82) is 0 Å². The lowest BCUT2D eigenvalue weighted by atomic mass is 10.4. The molecule has 0 aliphatic rings. The van der Waals surface area contributed by atoms with Gasteiger partial charge in [0.2, 0.25) is 5.82 Å². The van der Waals surface area contributed by atoms with E-state index in [9.17, 15) is 0 Å². The zero-order valence-electron chi connectivity index (χ0n) is 16.2. The van der Waals surface area contributed by atoms with Gasteiger partial charge in [-0.25, -0.2) is 9.98 Å². The highest BCUT2D eigenvalue weighted by Gasteiger charge is 2.08. The van der Waals surface area contributed by atoms with Gasteiger partial charge >= 0.3 is 0 Å². The van der Waals surface area contributed by atoms with E-state index in [1.54, 1.807) is 12.3 Å². The summed E-state index contributed by atoms with van der Waals surface area (Å²) in [6, 6.07) is 3.62. The molecular formula is C18H30N6O3. The Morgan fingerprint density at radius 2 is 2.04 bits per heavy atom. The fourth-order valence-electron chi connectivity index (χ4n) is 2.19. The van der Waals surface area contributed by atoms with Gasteiger partial charge in [-0.05, 0) is 25.5 Å². The summed E-state index contributed by atoms with van der Waals surface area (Å²) in [5.41, 5.74) is 0. The van der Waals surface area contributed by atoms with Gasteiger partial charge in [-0.2, -0.15) is 0 Å². The molecule has 0 saturated heterocycles. The lowest BCUT2D eigenvalue weighted by Gasteiger charge is -2.11. The highest BCUT2D eigenvalue weighted by molar-refractivity contribution is 5.79. The first-order valence-electron chi connectivity index (χ1n) is 9.46. The number of guanidine groups is 1. The Kier molecular flexibility index (Phi) is 9.98. The van der Waals surface area contributed by atoms with Crippen LogP contribution >= 0.6 is 0 Å². The number of nitrogens with zero attached hydrogens (tertiary/aromatic N) is 3. The molecule has 2 aromatic heterocycles. The number of H-pyrrole nitrogens is 1. The lowest BCUT2D eigenvalue weighted by molar-refractivity contribution is 0.0487. The van der Waals surface area contributed by atoms with Crippen LogP contribution in [-0.4, -0.2) is 60.7 Å². The predicted molar refractivity (Wildman–Crippen MR) is 103 cm³/mol. The molecule has 3 N–H and O–H groups in total. The molecule has 0 atom stereocenters. The van der Waals surface area contributed by atoms with E-state index >= 15 is 0 Å². The minimum absolute atomic E-state index is 0.384. The van der Waals surface area contributed by atoms with E-state index in [0.29, 0.717) is 56.3 Å². The van der Waals surface area contributed by atoms with E-state index in [2.05, 4.69) is 37.7 Å². The first-order chi connectivity index (χ1) is 13.3. The summed E-state index contributed by atoms with van der Waals surface area (Å²) in [5, 5.41) is 13.4. The number of aromatic amines is 1. The van der Waals surface area contributed by atoms with Gasteiger partial charge < -0.3 is 24.5 Å². The van der Waals surface area contributed by atoms with Gasteiger partial charge in [0.25, 0.3) is 0 Å². The lowest BCUT2D eigenvalue weighted by Crippen LogP contribution is -2.39. The number of unbranched alkanes of at least 4 members (excludes halogenated alkanes) is 1. The van der Waals surface area contributed by atoms with Gasteiger partial charge in [-0.15, -0.1) is 5.10 Å². The van der Waals surface area contributed by atoms with E-state index in [0.717, 1.165) is 26.0 Å². The fraction of sp³-hybridized carbons (Fsp3) is 0.611. The second-order valence-corrected chi connectivity index (χ2v) is 5.78. The molecule has 9 heteroatoms. The van der Waals surface area contributed by atoms with Crippen molar-refractivity contribution in [1.82, 2.24) is 25.8 Å². The molecule has 0 bridgehead atoms. The summed E-state index contributed by atoms with van der Waals surface area (Å²) >= 11 is 0. The quantitative estimate of drug-likeness (QED) is 0.278. The standard InChI is InChI=1S/C18H30N6O3/c1-3-5-9-25-12-13-26-11-8-20-18(19-4-2)21-14-16-22-17(24-23-16)15-7-6-10-27-15/h6-7,10H,3-5,8-9,11-14H2,1-2H3,(H2,19,20,21)(H,22,23,24). The van der Waals surface area contributed by atoms with Crippen molar-refractivity contribution in [3.05, 3.63) is 24.2 Å². The van der Waals surface area contributed by atoms with E-state index in [-0.39, 0.29) is 0 Å². The first kappa shape index (κ1) is 20.9. The van der Waals surface area contributed by atoms with E-state index in [1.165, 1.54) is 0 Å². The van der Waals surface area contributed by atoms with Crippen molar-refractivity contribution in [2.24, 2.45) is 4.99 Å². The third kappa shape index (κ3) is 8.23. The molecular weight excluding hydrogens is 348 g/mol. The number of ether oxygens (including phenoxy) is 2. The van der Waals surface area contributed by atoms with Crippen LogP contribution in [0.2, 0.25) is 0 Å². The summed E-state index contributed by atoms with van der Waals surface area (Å²) in [6.07, 6.45) is 3.84. The molecule has 0 aliphatic heterocycles. The van der Waals surface area contributed by atoms with Gasteiger partial charge in [0.15, 0.2) is 11.7 Å². The van der Waals surface area contributed by atoms with E-state index in [1.807, 2.05) is 13.0 Å². The summed E-state index contributed by atoms with van der Waals surface area (Å²) in [4.78, 5) is 8.87. The third-order valence-electron chi connectivity index (χ3n) is 3.56. The summed E-state index contributed by atoms with van der Waals surface area (Å²) in [6.45, 7) is 8.62. The smallest absolute Gasteiger partial charge is 0.216 e. The van der Waals surface area contributed by atoms with Crippen LogP contribution in [0.4, 0.5) is 0 Å². The number of aromatic nitrogens is 3. The van der Waals surface area contributed by atoms with Gasteiger partial charge in [0.1, 0.15) is 12.4 Å². The van der Waals surface area contributed by atoms with Gasteiger partial charge in [0, 0.05) is 19.7 Å². The van der Waals surface area contributed by atoms with Crippen LogP contribution in [0.25, 0.3) is 11.6 Å². The van der Waals surface area contributed by atoms with Crippen LogP contribution in [0.5, 0.6) is 0 Å².